The lowest BCUT2D eigenvalue weighted by Crippen LogP contribution is -2.00. The van der Waals surface area contributed by atoms with Gasteiger partial charge in [0.15, 0.2) is 0 Å². The Balaban J connectivity index is 1.25. The average molecular weight is 370 g/mol. The highest BCUT2D eigenvalue weighted by Crippen LogP contribution is 2.56. The Kier molecular flexibility index (Phi) is 3.36. The average Bonchev–Trinajstić information content (AvgIpc) is 3.17. The van der Waals surface area contributed by atoms with Gasteiger partial charge in [-0.1, -0.05) is 12.1 Å². The van der Waals surface area contributed by atoms with Crippen LogP contribution < -0.4 is 4.74 Å². The molecule has 0 aliphatic heterocycles. The lowest BCUT2D eigenvalue weighted by atomic mass is 10.0. The molecule has 0 amide bonds. The van der Waals surface area contributed by atoms with Crippen molar-refractivity contribution >= 4 is 11.0 Å². The molecule has 1 saturated carbocycles. The van der Waals surface area contributed by atoms with Gasteiger partial charge < -0.3 is 9.72 Å². The highest BCUT2D eigenvalue weighted by atomic mass is 19.1. The fourth-order valence-electron chi connectivity index (χ4n) is 4.47. The first-order valence-corrected chi connectivity index (χ1v) is 9.72. The Hall–Kier alpha value is -3.14. The van der Waals surface area contributed by atoms with E-state index in [-0.39, 0.29) is 12.4 Å². The Morgan fingerprint density at radius 2 is 2.04 bits per heavy atom. The maximum Gasteiger partial charge on any atom is 0.137 e. The third-order valence-corrected chi connectivity index (χ3v) is 6.09. The summed E-state index contributed by atoms with van der Waals surface area (Å²) in [5.74, 6) is 2.21. The molecule has 0 unspecified atom stereocenters. The maximum absolute atomic E-state index is 14.4. The quantitative estimate of drug-likeness (QED) is 0.507. The van der Waals surface area contributed by atoms with Crippen LogP contribution in [0.5, 0.6) is 5.75 Å². The molecule has 2 atom stereocenters. The summed E-state index contributed by atoms with van der Waals surface area (Å²) in [5, 5.41) is 1.04. The van der Waals surface area contributed by atoms with Crippen molar-refractivity contribution < 1.29 is 9.13 Å². The Morgan fingerprint density at radius 1 is 1.07 bits per heavy atom. The van der Waals surface area contributed by atoms with Crippen LogP contribution in [-0.2, 0) is 13.0 Å². The largest absolute Gasteiger partial charge is 0.489 e. The molecule has 3 nitrogen and oxygen atoms in total. The third kappa shape index (κ3) is 2.60. The van der Waals surface area contributed by atoms with Crippen molar-refractivity contribution in [2.75, 3.05) is 0 Å². The zero-order valence-electron chi connectivity index (χ0n) is 15.3. The Morgan fingerprint density at radius 3 is 3.00 bits per heavy atom. The molecule has 2 heterocycles. The summed E-state index contributed by atoms with van der Waals surface area (Å²) < 4.78 is 20.3. The molecule has 0 saturated heterocycles. The summed E-state index contributed by atoms with van der Waals surface area (Å²) in [4.78, 5) is 7.51. The first-order valence-electron chi connectivity index (χ1n) is 9.72. The van der Waals surface area contributed by atoms with Crippen LogP contribution in [0.4, 0.5) is 4.39 Å². The van der Waals surface area contributed by atoms with E-state index in [2.05, 4.69) is 28.2 Å². The van der Waals surface area contributed by atoms with E-state index in [1.807, 2.05) is 30.6 Å². The van der Waals surface area contributed by atoms with E-state index in [0.717, 1.165) is 46.2 Å². The first kappa shape index (κ1) is 15.9. The molecule has 138 valence electrons. The van der Waals surface area contributed by atoms with Gasteiger partial charge in [-0.15, -0.1) is 0 Å². The fourth-order valence-corrected chi connectivity index (χ4v) is 4.47. The summed E-state index contributed by atoms with van der Waals surface area (Å²) in [6, 6.07) is 15.5. The van der Waals surface area contributed by atoms with Gasteiger partial charge in [0, 0.05) is 28.9 Å². The van der Waals surface area contributed by atoms with Gasteiger partial charge in [0.25, 0.3) is 0 Å². The lowest BCUT2D eigenvalue weighted by Gasteiger charge is -2.11. The molecule has 2 aliphatic carbocycles. The van der Waals surface area contributed by atoms with Crippen LogP contribution in [0.25, 0.3) is 22.2 Å². The van der Waals surface area contributed by atoms with Crippen LogP contribution >= 0.6 is 0 Å². The van der Waals surface area contributed by atoms with Gasteiger partial charge in [-0.3, -0.25) is 0 Å². The van der Waals surface area contributed by atoms with E-state index in [1.54, 1.807) is 6.07 Å². The van der Waals surface area contributed by atoms with Crippen molar-refractivity contribution in [3.05, 3.63) is 83.4 Å². The van der Waals surface area contributed by atoms with Gasteiger partial charge in [-0.25, -0.2) is 9.37 Å². The molecule has 28 heavy (non-hydrogen) atoms. The second-order valence-electron chi connectivity index (χ2n) is 7.90. The predicted molar refractivity (Wildman–Crippen MR) is 107 cm³/mol. The van der Waals surface area contributed by atoms with Gasteiger partial charge in [0.05, 0.1) is 0 Å². The molecular formula is C24H19FN2O. The lowest BCUT2D eigenvalue weighted by molar-refractivity contribution is 0.299. The number of halogens is 1. The van der Waals surface area contributed by atoms with E-state index in [0.29, 0.717) is 5.56 Å². The van der Waals surface area contributed by atoms with Crippen molar-refractivity contribution in [1.29, 1.82) is 0 Å². The van der Waals surface area contributed by atoms with Gasteiger partial charge in [0.2, 0.25) is 0 Å². The number of ether oxygens (including phenoxy) is 1. The third-order valence-electron chi connectivity index (χ3n) is 6.09. The maximum atomic E-state index is 14.4. The molecule has 4 aromatic rings. The molecule has 0 radical (unpaired) electrons. The fraction of sp³-hybridized carbons (Fsp3) is 0.208. The molecule has 4 heteroatoms. The number of hydrogen-bond acceptors (Lipinski definition) is 2. The van der Waals surface area contributed by atoms with Gasteiger partial charge in [-0.2, -0.15) is 0 Å². The minimum absolute atomic E-state index is 0.213. The smallest absolute Gasteiger partial charge is 0.137 e. The second kappa shape index (κ2) is 5.93. The van der Waals surface area contributed by atoms with E-state index in [1.165, 1.54) is 23.6 Å². The summed E-state index contributed by atoms with van der Waals surface area (Å²) in [6.07, 6.45) is 6.18. The minimum Gasteiger partial charge on any atom is -0.489 e. The summed E-state index contributed by atoms with van der Waals surface area (Å²) >= 11 is 0. The number of hydrogen-bond donors (Lipinski definition) is 1. The molecule has 0 bridgehead atoms. The summed E-state index contributed by atoms with van der Waals surface area (Å²) in [6.45, 7) is 0.213. The van der Waals surface area contributed by atoms with E-state index in [4.69, 9.17) is 4.74 Å². The molecule has 1 fully saturated rings. The van der Waals surface area contributed by atoms with Gasteiger partial charge >= 0.3 is 0 Å². The van der Waals surface area contributed by atoms with Crippen LogP contribution in [0.1, 0.15) is 29.0 Å². The number of rotatable bonds is 4. The Labute approximate surface area is 162 Å². The summed E-state index contributed by atoms with van der Waals surface area (Å²) in [5.41, 5.74) is 6.19. The molecule has 6 rings (SSSR count). The van der Waals surface area contributed by atoms with Crippen molar-refractivity contribution in [2.45, 2.75) is 25.4 Å². The van der Waals surface area contributed by atoms with Gasteiger partial charge in [0.1, 0.15) is 23.8 Å². The molecule has 1 N–H and O–H groups in total. The van der Waals surface area contributed by atoms with Crippen molar-refractivity contribution in [3.63, 3.8) is 0 Å². The van der Waals surface area contributed by atoms with Crippen LogP contribution in [0.15, 0.2) is 60.9 Å². The number of nitrogens with zero attached hydrogens (tertiary/aromatic N) is 1. The normalized spacial score (nSPS) is 19.5. The number of nitrogens with one attached hydrogen (secondary N) is 1. The monoisotopic (exact) mass is 370 g/mol. The summed E-state index contributed by atoms with van der Waals surface area (Å²) in [7, 11) is 0. The van der Waals surface area contributed by atoms with Crippen LogP contribution in [0, 0.1) is 11.7 Å². The number of benzene rings is 2. The molecule has 2 aromatic heterocycles. The standard InChI is InChI=1S/C24H19FN2O/c25-23-4-1-14(18-8-15-5-6-26-24(15)27-12-18)7-19(23)13-28-20-2-3-21-16(10-20)9-17-11-22(17)21/h1-8,10,12,17,22H,9,11,13H2,(H,26,27)/t17-,22+/m0/s1. The van der Waals surface area contributed by atoms with E-state index < -0.39 is 0 Å². The van der Waals surface area contributed by atoms with E-state index in [9.17, 15) is 4.39 Å². The topological polar surface area (TPSA) is 37.9 Å². The van der Waals surface area contributed by atoms with Crippen LogP contribution in [0.2, 0.25) is 0 Å². The SMILES string of the molecule is Fc1ccc(-c2cnc3[nH]ccc3c2)cc1COc1ccc2c(c1)C[C@H]1C[C@@H]21. The number of aromatic nitrogens is 2. The number of pyridine rings is 1. The first-order chi connectivity index (χ1) is 13.7. The van der Waals surface area contributed by atoms with Crippen molar-refractivity contribution in [3.8, 4) is 16.9 Å². The van der Waals surface area contributed by atoms with E-state index >= 15 is 0 Å². The molecule has 0 spiro atoms. The molecule has 2 aliphatic rings. The van der Waals surface area contributed by atoms with Crippen LogP contribution in [-0.4, -0.2) is 9.97 Å². The van der Waals surface area contributed by atoms with Crippen molar-refractivity contribution in [1.82, 2.24) is 9.97 Å². The predicted octanol–water partition coefficient (Wildman–Crippen LogP) is 5.61. The minimum atomic E-state index is -0.248. The number of aromatic amines is 1. The zero-order chi connectivity index (χ0) is 18.7. The number of H-pyrrole nitrogens is 1. The van der Waals surface area contributed by atoms with Crippen molar-refractivity contribution in [2.24, 2.45) is 5.92 Å². The van der Waals surface area contributed by atoms with Crippen LogP contribution in [0.3, 0.4) is 0 Å². The van der Waals surface area contributed by atoms with Gasteiger partial charge in [-0.05, 0) is 77.8 Å². The second-order valence-corrected chi connectivity index (χ2v) is 7.90. The highest BCUT2D eigenvalue weighted by Gasteiger charge is 2.44. The highest BCUT2D eigenvalue weighted by molar-refractivity contribution is 5.81. The molecular weight excluding hydrogens is 351 g/mol. The molecule has 2 aromatic carbocycles. The Bertz CT molecular complexity index is 1210. The number of fused-ring (bicyclic) bond motifs is 4. The zero-order valence-corrected chi connectivity index (χ0v) is 15.3.